The lowest BCUT2D eigenvalue weighted by molar-refractivity contribution is 0.414. The van der Waals surface area contributed by atoms with Crippen LogP contribution >= 0.6 is 0 Å². The number of hydrogen-bond acceptors (Lipinski definition) is 5. The molecule has 0 saturated carbocycles. The molecular weight excluding hydrogens is 420 g/mol. The van der Waals surface area contributed by atoms with Crippen molar-refractivity contribution in [3.05, 3.63) is 83.9 Å². The second-order valence-corrected chi connectivity index (χ2v) is 9.86. The van der Waals surface area contributed by atoms with E-state index in [1.54, 1.807) is 31.4 Å². The van der Waals surface area contributed by atoms with E-state index in [0.717, 1.165) is 30.0 Å². The van der Waals surface area contributed by atoms with Gasteiger partial charge in [-0.25, -0.2) is 8.42 Å². The fraction of sp³-hybridized carbons (Fsp3) is 0.308. The summed E-state index contributed by atoms with van der Waals surface area (Å²) >= 11 is 0. The molecule has 5 nitrogen and oxygen atoms in total. The Morgan fingerprint density at radius 3 is 1.97 bits per heavy atom. The summed E-state index contributed by atoms with van der Waals surface area (Å²) < 4.78 is 33.3. The Bertz CT molecular complexity index is 1120. The Balaban J connectivity index is 2.19. The van der Waals surface area contributed by atoms with Gasteiger partial charge >= 0.3 is 0 Å². The summed E-state index contributed by atoms with van der Waals surface area (Å²) in [7, 11) is 1.86. The second-order valence-electron chi connectivity index (χ2n) is 7.83. The van der Waals surface area contributed by atoms with E-state index >= 15 is 0 Å². The van der Waals surface area contributed by atoms with Gasteiger partial charge in [0.2, 0.25) is 0 Å². The van der Waals surface area contributed by atoms with E-state index in [4.69, 9.17) is 4.74 Å². The zero-order chi connectivity index (χ0) is 23.3. The Morgan fingerprint density at radius 1 is 0.844 bits per heavy atom. The van der Waals surface area contributed by atoms with E-state index in [2.05, 4.69) is 18.7 Å². The molecule has 0 aliphatic carbocycles. The van der Waals surface area contributed by atoms with Gasteiger partial charge in [-0.2, -0.15) is 0 Å². The molecule has 0 aromatic heterocycles. The number of sulfone groups is 1. The van der Waals surface area contributed by atoms with Gasteiger partial charge in [0.05, 0.1) is 17.7 Å². The van der Waals surface area contributed by atoms with Gasteiger partial charge < -0.3 is 14.5 Å². The molecule has 32 heavy (non-hydrogen) atoms. The molecule has 0 heterocycles. The average molecular weight is 453 g/mol. The summed E-state index contributed by atoms with van der Waals surface area (Å²) in [5, 5.41) is -0.847. The fourth-order valence-electron chi connectivity index (χ4n) is 3.93. The SMILES string of the molecule is CCN(CC)c1ccc(C(c2ccc(N(C)C)cc2)S(=O)(=O)c2ccccc2)cc1OC. The normalized spacial score (nSPS) is 12.3. The van der Waals surface area contributed by atoms with Crippen molar-refractivity contribution in [3.8, 4) is 5.75 Å². The lowest BCUT2D eigenvalue weighted by Crippen LogP contribution is -2.23. The Morgan fingerprint density at radius 2 is 1.44 bits per heavy atom. The van der Waals surface area contributed by atoms with Gasteiger partial charge in [-0.1, -0.05) is 36.4 Å². The van der Waals surface area contributed by atoms with Crippen LogP contribution in [0.25, 0.3) is 0 Å². The van der Waals surface area contributed by atoms with Crippen molar-refractivity contribution in [1.29, 1.82) is 0 Å². The van der Waals surface area contributed by atoms with Crippen molar-refractivity contribution in [1.82, 2.24) is 0 Å². The minimum absolute atomic E-state index is 0.300. The topological polar surface area (TPSA) is 49.9 Å². The minimum atomic E-state index is -3.69. The predicted octanol–water partition coefficient (Wildman–Crippen LogP) is 5.17. The zero-order valence-electron chi connectivity index (χ0n) is 19.4. The second kappa shape index (κ2) is 10.1. The highest BCUT2D eigenvalue weighted by Gasteiger charge is 2.31. The molecule has 0 radical (unpaired) electrons. The van der Waals surface area contributed by atoms with Crippen molar-refractivity contribution in [2.45, 2.75) is 24.0 Å². The maximum Gasteiger partial charge on any atom is 0.189 e. The number of anilines is 2. The highest BCUT2D eigenvalue weighted by atomic mass is 32.2. The molecular formula is C26H32N2O3S. The van der Waals surface area contributed by atoms with Gasteiger partial charge in [-0.3, -0.25) is 0 Å². The third-order valence-corrected chi connectivity index (χ3v) is 7.80. The molecule has 0 amide bonds. The van der Waals surface area contributed by atoms with Crippen LogP contribution in [0.4, 0.5) is 11.4 Å². The summed E-state index contributed by atoms with van der Waals surface area (Å²) in [5.41, 5.74) is 3.37. The largest absolute Gasteiger partial charge is 0.495 e. The first-order chi connectivity index (χ1) is 15.3. The molecule has 6 heteroatoms. The van der Waals surface area contributed by atoms with E-state index in [1.807, 2.05) is 67.5 Å². The number of benzene rings is 3. The third-order valence-electron chi connectivity index (χ3n) is 5.70. The molecule has 0 N–H and O–H groups in total. The first-order valence-corrected chi connectivity index (χ1v) is 12.4. The molecule has 0 spiro atoms. The zero-order valence-corrected chi connectivity index (χ0v) is 20.3. The maximum atomic E-state index is 13.8. The summed E-state index contributed by atoms with van der Waals surface area (Å²) in [4.78, 5) is 4.48. The van der Waals surface area contributed by atoms with Gasteiger partial charge in [-0.15, -0.1) is 0 Å². The number of rotatable bonds is 9. The molecule has 0 bridgehead atoms. The first kappa shape index (κ1) is 23.7. The Kier molecular flexibility index (Phi) is 7.46. The summed E-state index contributed by atoms with van der Waals surface area (Å²) in [6.45, 7) is 5.85. The van der Waals surface area contributed by atoms with E-state index in [0.29, 0.717) is 16.2 Å². The molecule has 3 aromatic rings. The molecule has 0 aliphatic rings. The van der Waals surface area contributed by atoms with Gasteiger partial charge in [0.1, 0.15) is 11.0 Å². The van der Waals surface area contributed by atoms with Crippen LogP contribution in [0.2, 0.25) is 0 Å². The van der Waals surface area contributed by atoms with Gasteiger partial charge in [0.15, 0.2) is 9.84 Å². The van der Waals surface area contributed by atoms with E-state index < -0.39 is 15.1 Å². The van der Waals surface area contributed by atoms with Crippen molar-refractivity contribution in [2.24, 2.45) is 0 Å². The standard InChI is InChI=1S/C26H32N2O3S/c1-6-28(7-2)24-18-15-21(19-25(24)31-5)26(20-13-16-22(17-14-20)27(3)4)32(29,30)23-11-9-8-10-12-23/h8-19,26H,6-7H2,1-5H3. The van der Waals surface area contributed by atoms with Crippen LogP contribution in [-0.2, 0) is 9.84 Å². The number of hydrogen-bond donors (Lipinski definition) is 0. The summed E-state index contributed by atoms with van der Waals surface area (Å²) in [6, 6.07) is 22.0. The molecule has 0 fully saturated rings. The molecule has 1 unspecified atom stereocenters. The van der Waals surface area contributed by atoms with Crippen LogP contribution in [0.15, 0.2) is 77.7 Å². The Labute approximate surface area is 192 Å². The predicted molar refractivity (Wildman–Crippen MR) is 133 cm³/mol. The van der Waals surface area contributed by atoms with Gasteiger partial charge in [0.25, 0.3) is 0 Å². The van der Waals surface area contributed by atoms with Crippen LogP contribution in [-0.4, -0.2) is 42.7 Å². The van der Waals surface area contributed by atoms with Crippen molar-refractivity contribution >= 4 is 21.2 Å². The van der Waals surface area contributed by atoms with Gasteiger partial charge in [0, 0.05) is 32.9 Å². The van der Waals surface area contributed by atoms with Crippen LogP contribution in [0.5, 0.6) is 5.75 Å². The molecule has 3 aromatic carbocycles. The molecule has 170 valence electrons. The summed E-state index contributed by atoms with van der Waals surface area (Å²) in [6.07, 6.45) is 0. The number of ether oxygens (including phenoxy) is 1. The monoisotopic (exact) mass is 452 g/mol. The van der Waals surface area contributed by atoms with Crippen molar-refractivity contribution < 1.29 is 13.2 Å². The summed E-state index contributed by atoms with van der Waals surface area (Å²) in [5.74, 6) is 0.671. The lowest BCUT2D eigenvalue weighted by Gasteiger charge is -2.25. The van der Waals surface area contributed by atoms with E-state index in [1.165, 1.54) is 0 Å². The maximum absolute atomic E-state index is 13.8. The first-order valence-electron chi connectivity index (χ1n) is 10.8. The minimum Gasteiger partial charge on any atom is -0.495 e. The molecule has 1 atom stereocenters. The van der Waals surface area contributed by atoms with Gasteiger partial charge in [-0.05, 0) is 61.4 Å². The number of methoxy groups -OCH3 is 1. The fourth-order valence-corrected chi connectivity index (χ4v) is 5.76. The quantitative estimate of drug-likeness (QED) is 0.448. The van der Waals surface area contributed by atoms with Crippen LogP contribution in [0.3, 0.4) is 0 Å². The van der Waals surface area contributed by atoms with Crippen LogP contribution < -0.4 is 14.5 Å². The average Bonchev–Trinajstić information content (AvgIpc) is 2.81. The van der Waals surface area contributed by atoms with Crippen molar-refractivity contribution in [2.75, 3.05) is 44.1 Å². The Hall–Kier alpha value is -2.99. The molecule has 0 aliphatic heterocycles. The highest BCUT2D eigenvalue weighted by Crippen LogP contribution is 2.39. The van der Waals surface area contributed by atoms with E-state index in [-0.39, 0.29) is 0 Å². The van der Waals surface area contributed by atoms with Crippen LogP contribution in [0.1, 0.15) is 30.2 Å². The third kappa shape index (κ3) is 4.75. The highest BCUT2D eigenvalue weighted by molar-refractivity contribution is 7.91. The van der Waals surface area contributed by atoms with E-state index in [9.17, 15) is 8.42 Å². The molecule has 0 saturated heterocycles. The molecule has 3 rings (SSSR count). The number of nitrogens with zero attached hydrogens (tertiary/aromatic N) is 2. The lowest BCUT2D eigenvalue weighted by atomic mass is 10.0. The van der Waals surface area contributed by atoms with Crippen LogP contribution in [0, 0.1) is 0 Å². The van der Waals surface area contributed by atoms with Crippen molar-refractivity contribution in [3.63, 3.8) is 0 Å². The smallest absolute Gasteiger partial charge is 0.189 e.